The van der Waals surface area contributed by atoms with Crippen molar-refractivity contribution in [1.82, 2.24) is 0 Å². The number of ether oxygens (including phenoxy) is 2. The van der Waals surface area contributed by atoms with Gasteiger partial charge in [0.25, 0.3) is 15.9 Å². The zero-order valence-corrected chi connectivity index (χ0v) is 18.3. The van der Waals surface area contributed by atoms with Crippen molar-refractivity contribution in [2.75, 3.05) is 30.4 Å². The fourth-order valence-electron chi connectivity index (χ4n) is 2.90. The molecule has 0 unspecified atom stereocenters. The van der Waals surface area contributed by atoms with Crippen LogP contribution in [-0.4, -0.2) is 35.1 Å². The van der Waals surface area contributed by atoms with Crippen LogP contribution < -0.4 is 19.1 Å². The lowest BCUT2D eigenvalue weighted by Crippen LogP contribution is -2.26. The molecule has 0 aromatic heterocycles. The van der Waals surface area contributed by atoms with Crippen molar-refractivity contribution in [3.63, 3.8) is 0 Å². The van der Waals surface area contributed by atoms with Gasteiger partial charge >= 0.3 is 0 Å². The molecule has 162 valence electrons. The van der Waals surface area contributed by atoms with E-state index in [1.165, 1.54) is 30.6 Å². The number of rotatable bonds is 8. The molecule has 1 amide bonds. The number of anilines is 2. The summed E-state index contributed by atoms with van der Waals surface area (Å²) in [5.41, 5.74) is 1.45. The largest absolute Gasteiger partial charge is 0.497 e. The van der Waals surface area contributed by atoms with E-state index in [4.69, 9.17) is 9.47 Å². The molecule has 3 aromatic rings. The smallest absolute Gasteiger partial charge is 0.264 e. The average molecular weight is 441 g/mol. The van der Waals surface area contributed by atoms with E-state index in [9.17, 15) is 13.2 Å². The molecule has 0 aliphatic rings. The molecule has 1 N–H and O–H groups in total. The Kier molecular flexibility index (Phi) is 6.81. The maximum Gasteiger partial charge on any atom is 0.264 e. The molecule has 0 spiro atoms. The number of amides is 1. The first-order valence-corrected chi connectivity index (χ1v) is 11.1. The lowest BCUT2D eigenvalue weighted by atomic mass is 10.2. The standard InChI is InChI=1S/C23H24N2O5S/c1-4-30-21-7-5-6-18(16-21)24-23(26)17-8-10-19(11-9-17)25(2)31(27,28)22-14-12-20(29-3)13-15-22/h5-16H,4H2,1-3H3,(H,24,26). The first-order valence-electron chi connectivity index (χ1n) is 9.62. The van der Waals surface area contributed by atoms with Crippen molar-refractivity contribution in [3.8, 4) is 11.5 Å². The van der Waals surface area contributed by atoms with Crippen LogP contribution in [0.5, 0.6) is 11.5 Å². The summed E-state index contributed by atoms with van der Waals surface area (Å²) in [5, 5.41) is 2.81. The van der Waals surface area contributed by atoms with Crippen LogP contribution in [0.25, 0.3) is 0 Å². The van der Waals surface area contributed by atoms with E-state index in [0.29, 0.717) is 35.0 Å². The number of nitrogens with zero attached hydrogens (tertiary/aromatic N) is 1. The van der Waals surface area contributed by atoms with Gasteiger partial charge in [0.2, 0.25) is 0 Å². The van der Waals surface area contributed by atoms with Crippen LogP contribution in [0.15, 0.2) is 77.7 Å². The van der Waals surface area contributed by atoms with Gasteiger partial charge in [-0.2, -0.15) is 0 Å². The van der Waals surface area contributed by atoms with E-state index in [1.54, 1.807) is 54.6 Å². The second-order valence-electron chi connectivity index (χ2n) is 6.61. The number of carbonyl (C=O) groups is 1. The summed E-state index contributed by atoms with van der Waals surface area (Å²) in [4.78, 5) is 12.7. The minimum atomic E-state index is -3.75. The van der Waals surface area contributed by atoms with Crippen molar-refractivity contribution in [1.29, 1.82) is 0 Å². The summed E-state index contributed by atoms with van der Waals surface area (Å²) in [5.74, 6) is 0.936. The number of benzene rings is 3. The molecule has 3 aromatic carbocycles. The number of methoxy groups -OCH3 is 1. The van der Waals surface area contributed by atoms with Crippen molar-refractivity contribution in [2.45, 2.75) is 11.8 Å². The number of hydrogen-bond donors (Lipinski definition) is 1. The van der Waals surface area contributed by atoms with Gasteiger partial charge in [0, 0.05) is 24.4 Å². The predicted molar refractivity (Wildman–Crippen MR) is 121 cm³/mol. The monoisotopic (exact) mass is 440 g/mol. The van der Waals surface area contributed by atoms with E-state index in [-0.39, 0.29) is 10.8 Å². The van der Waals surface area contributed by atoms with Gasteiger partial charge in [-0.05, 0) is 67.6 Å². The minimum Gasteiger partial charge on any atom is -0.497 e. The number of sulfonamides is 1. The number of nitrogens with one attached hydrogen (secondary N) is 1. The van der Waals surface area contributed by atoms with Crippen LogP contribution in [0.2, 0.25) is 0 Å². The van der Waals surface area contributed by atoms with Gasteiger partial charge in [0.15, 0.2) is 0 Å². The summed E-state index contributed by atoms with van der Waals surface area (Å²) in [7, 11) is -0.763. The third-order valence-corrected chi connectivity index (χ3v) is 6.41. The van der Waals surface area contributed by atoms with Crippen LogP contribution >= 0.6 is 0 Å². The predicted octanol–water partition coefficient (Wildman–Crippen LogP) is 4.17. The van der Waals surface area contributed by atoms with Crippen LogP contribution in [0.3, 0.4) is 0 Å². The van der Waals surface area contributed by atoms with E-state index in [0.717, 1.165) is 0 Å². The average Bonchev–Trinajstić information content (AvgIpc) is 2.79. The van der Waals surface area contributed by atoms with Crippen LogP contribution in [-0.2, 0) is 10.0 Å². The normalized spacial score (nSPS) is 10.9. The van der Waals surface area contributed by atoms with Crippen molar-refractivity contribution >= 4 is 27.3 Å². The fourth-order valence-corrected chi connectivity index (χ4v) is 4.10. The molecule has 0 aliphatic carbocycles. The Morgan fingerprint density at radius 2 is 1.65 bits per heavy atom. The maximum absolute atomic E-state index is 12.9. The molecule has 31 heavy (non-hydrogen) atoms. The maximum atomic E-state index is 12.9. The first-order chi connectivity index (χ1) is 14.8. The van der Waals surface area contributed by atoms with Crippen molar-refractivity contribution in [2.24, 2.45) is 0 Å². The van der Waals surface area contributed by atoms with Gasteiger partial charge in [0.05, 0.1) is 24.3 Å². The van der Waals surface area contributed by atoms with Gasteiger partial charge in [-0.3, -0.25) is 9.10 Å². The minimum absolute atomic E-state index is 0.145. The molecule has 3 rings (SSSR count). The molecule has 0 saturated carbocycles. The van der Waals surface area contributed by atoms with Crippen LogP contribution in [0, 0.1) is 0 Å². The molecule has 0 saturated heterocycles. The Hall–Kier alpha value is -3.52. The Bertz CT molecular complexity index is 1140. The second kappa shape index (κ2) is 9.53. The third-order valence-electron chi connectivity index (χ3n) is 4.61. The highest BCUT2D eigenvalue weighted by molar-refractivity contribution is 7.92. The third kappa shape index (κ3) is 5.16. The molecular formula is C23H24N2O5S. The molecule has 0 fully saturated rings. The first kappa shape index (κ1) is 22.2. The lowest BCUT2D eigenvalue weighted by molar-refractivity contribution is 0.102. The quantitative estimate of drug-likeness (QED) is 0.568. The van der Waals surface area contributed by atoms with Gasteiger partial charge in [0.1, 0.15) is 11.5 Å². The molecule has 7 nitrogen and oxygen atoms in total. The zero-order valence-electron chi connectivity index (χ0n) is 17.5. The second-order valence-corrected chi connectivity index (χ2v) is 8.58. The van der Waals surface area contributed by atoms with E-state index in [2.05, 4.69) is 5.32 Å². The number of carbonyl (C=O) groups excluding carboxylic acids is 1. The van der Waals surface area contributed by atoms with Gasteiger partial charge < -0.3 is 14.8 Å². The lowest BCUT2D eigenvalue weighted by Gasteiger charge is -2.20. The highest BCUT2D eigenvalue weighted by atomic mass is 32.2. The molecule has 0 heterocycles. The van der Waals surface area contributed by atoms with E-state index in [1.807, 2.05) is 13.0 Å². The summed E-state index contributed by atoms with van der Waals surface area (Å²) in [6.45, 7) is 2.42. The highest BCUT2D eigenvalue weighted by Gasteiger charge is 2.21. The Balaban J connectivity index is 1.74. The molecule has 0 bridgehead atoms. The van der Waals surface area contributed by atoms with Gasteiger partial charge in [-0.15, -0.1) is 0 Å². The van der Waals surface area contributed by atoms with Crippen LogP contribution in [0.4, 0.5) is 11.4 Å². The summed E-state index contributed by atoms with van der Waals surface area (Å²) < 4.78 is 37.4. The Labute approximate surface area is 182 Å². The van der Waals surface area contributed by atoms with E-state index < -0.39 is 10.0 Å². The van der Waals surface area contributed by atoms with Gasteiger partial charge in [-0.25, -0.2) is 8.42 Å². The Morgan fingerprint density at radius 3 is 2.26 bits per heavy atom. The molecule has 0 radical (unpaired) electrons. The SMILES string of the molecule is CCOc1cccc(NC(=O)c2ccc(N(C)S(=O)(=O)c3ccc(OC)cc3)cc2)c1. The topological polar surface area (TPSA) is 84.9 Å². The van der Waals surface area contributed by atoms with Gasteiger partial charge in [-0.1, -0.05) is 6.07 Å². The Morgan fingerprint density at radius 1 is 0.968 bits per heavy atom. The summed E-state index contributed by atoms with van der Waals surface area (Å²) in [6.07, 6.45) is 0. The van der Waals surface area contributed by atoms with E-state index >= 15 is 0 Å². The number of hydrogen-bond acceptors (Lipinski definition) is 5. The highest BCUT2D eigenvalue weighted by Crippen LogP contribution is 2.24. The molecule has 0 aliphatic heterocycles. The zero-order chi connectivity index (χ0) is 22.4. The summed E-state index contributed by atoms with van der Waals surface area (Å²) >= 11 is 0. The molecule has 8 heteroatoms. The van der Waals surface area contributed by atoms with Crippen molar-refractivity contribution in [3.05, 3.63) is 78.4 Å². The molecular weight excluding hydrogens is 416 g/mol. The summed E-state index contributed by atoms with van der Waals surface area (Å²) in [6, 6.07) is 19.6. The fraction of sp³-hybridized carbons (Fsp3) is 0.174. The molecule has 0 atom stereocenters. The van der Waals surface area contributed by atoms with Crippen molar-refractivity contribution < 1.29 is 22.7 Å². The van der Waals surface area contributed by atoms with Crippen LogP contribution in [0.1, 0.15) is 17.3 Å².